The van der Waals surface area contributed by atoms with Crippen molar-refractivity contribution < 1.29 is 18.7 Å². The van der Waals surface area contributed by atoms with Crippen molar-refractivity contribution in [2.75, 3.05) is 5.32 Å². The Morgan fingerprint density at radius 2 is 1.90 bits per heavy atom. The van der Waals surface area contributed by atoms with Crippen LogP contribution in [0.1, 0.15) is 21.5 Å². The van der Waals surface area contributed by atoms with Gasteiger partial charge in [0.15, 0.2) is 0 Å². The zero-order chi connectivity index (χ0) is 15.4. The Hall–Kier alpha value is -2.94. The van der Waals surface area contributed by atoms with Crippen LogP contribution in [0.4, 0.5) is 14.5 Å². The molecule has 106 valence electrons. The van der Waals surface area contributed by atoms with Gasteiger partial charge in [-0.3, -0.25) is 0 Å². The molecule has 0 aromatic heterocycles. The van der Waals surface area contributed by atoms with E-state index in [0.29, 0.717) is 5.56 Å². The average molecular weight is 288 g/mol. The summed E-state index contributed by atoms with van der Waals surface area (Å²) in [5.41, 5.74) is 0.454. The highest BCUT2D eigenvalue weighted by atomic mass is 19.1. The molecule has 0 aliphatic carbocycles. The molecule has 2 N–H and O–H groups in total. The molecule has 4 nitrogen and oxygen atoms in total. The number of rotatable bonds is 4. The standard InChI is InChI=1S/C15H10F2N2O2/c16-12-3-1-9(5-11(12)7-18)8-19-14-6-10(15(20)21)2-4-13(14)17/h1-6,19H,8H2,(H,20,21). The molecule has 0 aliphatic heterocycles. The van der Waals surface area contributed by atoms with Gasteiger partial charge in [-0.25, -0.2) is 13.6 Å². The van der Waals surface area contributed by atoms with Gasteiger partial charge in [0.25, 0.3) is 0 Å². The van der Waals surface area contributed by atoms with Crippen LogP contribution in [0.25, 0.3) is 0 Å². The molecule has 0 radical (unpaired) electrons. The van der Waals surface area contributed by atoms with Crippen LogP contribution >= 0.6 is 0 Å². The van der Waals surface area contributed by atoms with Crippen molar-refractivity contribution in [3.8, 4) is 6.07 Å². The fraction of sp³-hybridized carbons (Fsp3) is 0.0667. The molecule has 0 aliphatic rings. The molecule has 0 saturated carbocycles. The number of aromatic carboxylic acids is 1. The maximum absolute atomic E-state index is 13.6. The quantitative estimate of drug-likeness (QED) is 0.906. The van der Waals surface area contributed by atoms with Gasteiger partial charge < -0.3 is 10.4 Å². The summed E-state index contributed by atoms with van der Waals surface area (Å²) in [7, 11) is 0. The van der Waals surface area contributed by atoms with Crippen LogP contribution in [0.15, 0.2) is 36.4 Å². The molecule has 0 amide bonds. The minimum atomic E-state index is -1.16. The van der Waals surface area contributed by atoms with E-state index in [9.17, 15) is 13.6 Å². The van der Waals surface area contributed by atoms with Gasteiger partial charge in [0, 0.05) is 6.54 Å². The number of carboxylic acids is 1. The lowest BCUT2D eigenvalue weighted by Gasteiger charge is -2.09. The van der Waals surface area contributed by atoms with Gasteiger partial charge in [-0.2, -0.15) is 5.26 Å². The fourth-order valence-electron chi connectivity index (χ4n) is 1.76. The van der Waals surface area contributed by atoms with Crippen molar-refractivity contribution in [1.29, 1.82) is 5.26 Å². The van der Waals surface area contributed by atoms with E-state index < -0.39 is 17.6 Å². The predicted octanol–water partition coefficient (Wildman–Crippen LogP) is 3.15. The van der Waals surface area contributed by atoms with Gasteiger partial charge in [-0.05, 0) is 35.9 Å². The Kier molecular flexibility index (Phi) is 4.14. The summed E-state index contributed by atoms with van der Waals surface area (Å²) in [6, 6.07) is 9.06. The number of anilines is 1. The van der Waals surface area contributed by atoms with E-state index in [1.54, 1.807) is 6.07 Å². The Morgan fingerprint density at radius 1 is 1.19 bits per heavy atom. The summed E-state index contributed by atoms with van der Waals surface area (Å²) in [6.45, 7) is 0.134. The Morgan fingerprint density at radius 3 is 2.57 bits per heavy atom. The number of nitrogens with one attached hydrogen (secondary N) is 1. The average Bonchev–Trinajstić information content (AvgIpc) is 2.47. The van der Waals surface area contributed by atoms with E-state index in [4.69, 9.17) is 10.4 Å². The van der Waals surface area contributed by atoms with Crippen LogP contribution in [0, 0.1) is 23.0 Å². The second kappa shape index (κ2) is 6.01. The van der Waals surface area contributed by atoms with E-state index in [0.717, 1.165) is 18.2 Å². The van der Waals surface area contributed by atoms with Gasteiger partial charge >= 0.3 is 5.97 Å². The first-order valence-electron chi connectivity index (χ1n) is 5.96. The van der Waals surface area contributed by atoms with Crippen molar-refractivity contribution in [2.24, 2.45) is 0 Å². The first kappa shape index (κ1) is 14.5. The summed E-state index contributed by atoms with van der Waals surface area (Å²) in [5.74, 6) is -2.38. The van der Waals surface area contributed by atoms with E-state index in [2.05, 4.69) is 5.32 Å². The zero-order valence-corrected chi connectivity index (χ0v) is 10.7. The highest BCUT2D eigenvalue weighted by molar-refractivity contribution is 5.88. The van der Waals surface area contributed by atoms with Crippen molar-refractivity contribution in [3.63, 3.8) is 0 Å². The van der Waals surface area contributed by atoms with E-state index >= 15 is 0 Å². The molecule has 21 heavy (non-hydrogen) atoms. The predicted molar refractivity (Wildman–Crippen MR) is 71.8 cm³/mol. The molecule has 0 saturated heterocycles. The lowest BCUT2D eigenvalue weighted by Crippen LogP contribution is -2.04. The zero-order valence-electron chi connectivity index (χ0n) is 10.7. The number of hydrogen-bond donors (Lipinski definition) is 2. The molecule has 0 unspecified atom stereocenters. The third-order valence-electron chi connectivity index (χ3n) is 2.85. The minimum absolute atomic E-state index is 0.0257. The molecule has 0 heterocycles. The second-order valence-corrected chi connectivity index (χ2v) is 4.28. The molecular formula is C15H10F2N2O2. The number of halogens is 2. The maximum atomic E-state index is 13.6. The number of carboxylic acid groups (broad SMARTS) is 1. The monoisotopic (exact) mass is 288 g/mol. The normalized spacial score (nSPS) is 9.95. The summed E-state index contributed by atoms with van der Waals surface area (Å²) >= 11 is 0. The molecule has 2 aromatic rings. The first-order valence-corrected chi connectivity index (χ1v) is 5.96. The van der Waals surface area contributed by atoms with Crippen LogP contribution in [0.3, 0.4) is 0 Å². The Bertz CT molecular complexity index is 739. The van der Waals surface area contributed by atoms with E-state index in [1.807, 2.05) is 0 Å². The lowest BCUT2D eigenvalue weighted by atomic mass is 10.1. The Labute approximate surface area is 119 Å². The van der Waals surface area contributed by atoms with Crippen molar-refractivity contribution in [3.05, 3.63) is 64.7 Å². The van der Waals surface area contributed by atoms with Crippen molar-refractivity contribution in [1.82, 2.24) is 0 Å². The number of benzene rings is 2. The molecular weight excluding hydrogens is 278 g/mol. The number of nitrogens with zero attached hydrogens (tertiary/aromatic N) is 1. The largest absolute Gasteiger partial charge is 0.478 e. The molecule has 6 heteroatoms. The highest BCUT2D eigenvalue weighted by Crippen LogP contribution is 2.18. The van der Waals surface area contributed by atoms with Crippen LogP contribution in [-0.4, -0.2) is 11.1 Å². The molecule has 0 fully saturated rings. The van der Waals surface area contributed by atoms with Crippen LogP contribution < -0.4 is 5.32 Å². The van der Waals surface area contributed by atoms with Gasteiger partial charge in [0.2, 0.25) is 0 Å². The molecule has 0 atom stereocenters. The van der Waals surface area contributed by atoms with E-state index in [-0.39, 0.29) is 23.4 Å². The molecule has 2 aromatic carbocycles. The highest BCUT2D eigenvalue weighted by Gasteiger charge is 2.09. The van der Waals surface area contributed by atoms with Gasteiger partial charge in [-0.1, -0.05) is 6.07 Å². The van der Waals surface area contributed by atoms with Gasteiger partial charge in [0.1, 0.15) is 17.7 Å². The summed E-state index contributed by atoms with van der Waals surface area (Å²) < 4.78 is 26.7. The molecule has 2 rings (SSSR count). The smallest absolute Gasteiger partial charge is 0.335 e. The Balaban J connectivity index is 2.18. The third kappa shape index (κ3) is 3.34. The SMILES string of the molecule is N#Cc1cc(CNc2cc(C(=O)O)ccc2F)ccc1F. The minimum Gasteiger partial charge on any atom is -0.478 e. The summed E-state index contributed by atoms with van der Waals surface area (Å²) in [6.07, 6.45) is 0. The number of carbonyl (C=O) groups is 1. The topological polar surface area (TPSA) is 73.1 Å². The number of nitriles is 1. The fourth-order valence-corrected chi connectivity index (χ4v) is 1.76. The molecule has 0 spiro atoms. The van der Waals surface area contributed by atoms with Crippen LogP contribution in [-0.2, 0) is 6.54 Å². The van der Waals surface area contributed by atoms with Gasteiger partial charge in [-0.15, -0.1) is 0 Å². The second-order valence-electron chi connectivity index (χ2n) is 4.28. The summed E-state index contributed by atoms with van der Waals surface area (Å²) in [5, 5.41) is 20.3. The third-order valence-corrected chi connectivity index (χ3v) is 2.85. The summed E-state index contributed by atoms with van der Waals surface area (Å²) in [4.78, 5) is 10.8. The van der Waals surface area contributed by atoms with Crippen molar-refractivity contribution in [2.45, 2.75) is 6.54 Å². The van der Waals surface area contributed by atoms with Crippen LogP contribution in [0.5, 0.6) is 0 Å². The van der Waals surface area contributed by atoms with Crippen molar-refractivity contribution >= 4 is 11.7 Å². The van der Waals surface area contributed by atoms with E-state index in [1.165, 1.54) is 18.2 Å². The first-order chi connectivity index (χ1) is 10.0. The number of hydrogen-bond acceptors (Lipinski definition) is 3. The molecule has 0 bridgehead atoms. The lowest BCUT2D eigenvalue weighted by molar-refractivity contribution is 0.0697. The maximum Gasteiger partial charge on any atom is 0.335 e. The van der Waals surface area contributed by atoms with Crippen LogP contribution in [0.2, 0.25) is 0 Å². The van der Waals surface area contributed by atoms with Gasteiger partial charge in [0.05, 0.1) is 16.8 Å².